The summed E-state index contributed by atoms with van der Waals surface area (Å²) in [5, 5.41) is 4.28. The lowest BCUT2D eigenvalue weighted by Gasteiger charge is -2.34. The second kappa shape index (κ2) is 8.37. The van der Waals surface area contributed by atoms with Gasteiger partial charge in [-0.05, 0) is 37.6 Å². The van der Waals surface area contributed by atoms with E-state index >= 15 is 0 Å². The molecule has 1 fully saturated rings. The largest absolute Gasteiger partial charge is 0.493 e. The monoisotopic (exact) mass is 404 g/mol. The molecule has 1 saturated heterocycles. The number of ether oxygens (including phenoxy) is 4. The fourth-order valence-corrected chi connectivity index (χ4v) is 4.13. The summed E-state index contributed by atoms with van der Waals surface area (Å²) in [5.74, 6) is 3.01. The number of rotatable bonds is 6. The third-order valence-electron chi connectivity index (χ3n) is 5.16. The zero-order valence-corrected chi connectivity index (χ0v) is 16.9. The average molecular weight is 405 g/mol. The smallest absolute Gasteiger partial charge is 0.231 e. The molecule has 1 N–H and O–H groups in total. The van der Waals surface area contributed by atoms with Gasteiger partial charge in [0.15, 0.2) is 23.0 Å². The highest BCUT2D eigenvalue weighted by Crippen LogP contribution is 2.36. The van der Waals surface area contributed by atoms with Gasteiger partial charge in [0.1, 0.15) is 0 Å². The predicted octanol–water partition coefficient (Wildman–Crippen LogP) is 4.16. The van der Waals surface area contributed by atoms with Crippen LogP contribution in [0.15, 0.2) is 30.3 Å². The van der Waals surface area contributed by atoms with Gasteiger partial charge in [0.05, 0.1) is 14.2 Å². The van der Waals surface area contributed by atoms with Crippen molar-refractivity contribution in [2.24, 2.45) is 0 Å². The molecule has 0 aromatic heterocycles. The highest BCUT2D eigenvalue weighted by atomic mass is 35.5. The molecule has 2 aliphatic rings. The fraction of sp³-hybridized carbons (Fsp3) is 0.429. The summed E-state index contributed by atoms with van der Waals surface area (Å²) in [7, 11) is 3.29. The van der Waals surface area contributed by atoms with Gasteiger partial charge in [0.25, 0.3) is 0 Å². The highest BCUT2D eigenvalue weighted by molar-refractivity contribution is 6.30. The zero-order valence-electron chi connectivity index (χ0n) is 16.2. The van der Waals surface area contributed by atoms with Crippen LogP contribution in [-0.4, -0.2) is 45.0 Å². The lowest BCUT2D eigenvalue weighted by molar-refractivity contribution is 0.174. The molecule has 2 aromatic rings. The van der Waals surface area contributed by atoms with Crippen molar-refractivity contribution < 1.29 is 18.9 Å². The number of fused-ring (bicyclic) bond motifs is 1. The molecule has 0 saturated carbocycles. The van der Waals surface area contributed by atoms with Crippen LogP contribution in [0.5, 0.6) is 23.0 Å². The van der Waals surface area contributed by atoms with Crippen LogP contribution in [0.3, 0.4) is 0 Å². The number of nitrogens with zero attached hydrogens (tertiary/aromatic N) is 1. The van der Waals surface area contributed by atoms with Gasteiger partial charge in [-0.2, -0.15) is 0 Å². The molecule has 0 spiro atoms. The number of piperidine rings is 1. The maximum Gasteiger partial charge on any atom is 0.231 e. The van der Waals surface area contributed by atoms with Crippen LogP contribution >= 0.6 is 11.6 Å². The molecule has 0 bridgehead atoms. The van der Waals surface area contributed by atoms with Crippen molar-refractivity contribution in [3.63, 3.8) is 0 Å². The summed E-state index contributed by atoms with van der Waals surface area (Å²) in [5.41, 5.74) is 2.09. The van der Waals surface area contributed by atoms with Crippen molar-refractivity contribution in [2.45, 2.75) is 25.4 Å². The van der Waals surface area contributed by atoms with E-state index in [1.54, 1.807) is 20.3 Å². The third kappa shape index (κ3) is 4.08. The topological polar surface area (TPSA) is 52.2 Å². The van der Waals surface area contributed by atoms with Crippen LogP contribution < -0.4 is 24.3 Å². The van der Waals surface area contributed by atoms with E-state index in [4.69, 9.17) is 30.5 Å². The number of hydrogen-bond donors (Lipinski definition) is 1. The van der Waals surface area contributed by atoms with Crippen LogP contribution in [0.1, 0.15) is 18.4 Å². The van der Waals surface area contributed by atoms with Gasteiger partial charge < -0.3 is 24.3 Å². The summed E-state index contributed by atoms with van der Waals surface area (Å²) in [4.78, 5) is 2.42. The Hall–Kier alpha value is -2.31. The molecule has 150 valence electrons. The number of halogens is 1. The second-order valence-corrected chi connectivity index (χ2v) is 7.52. The molecule has 1 unspecified atom stereocenters. The second-order valence-electron chi connectivity index (χ2n) is 7.09. The van der Waals surface area contributed by atoms with Crippen LogP contribution in [0.4, 0.5) is 5.69 Å². The van der Waals surface area contributed by atoms with Gasteiger partial charge in [-0.1, -0.05) is 11.6 Å². The Morgan fingerprint density at radius 3 is 2.82 bits per heavy atom. The van der Waals surface area contributed by atoms with Gasteiger partial charge in [-0.15, -0.1) is 0 Å². The Kier molecular flexibility index (Phi) is 5.69. The van der Waals surface area contributed by atoms with Gasteiger partial charge in [0.2, 0.25) is 6.79 Å². The predicted molar refractivity (Wildman–Crippen MR) is 109 cm³/mol. The molecule has 7 heteroatoms. The molecule has 4 rings (SSSR count). The summed E-state index contributed by atoms with van der Waals surface area (Å²) in [6.45, 7) is 3.03. The van der Waals surface area contributed by atoms with Gasteiger partial charge in [0, 0.05) is 47.5 Å². The minimum atomic E-state index is 0.293. The maximum atomic E-state index is 6.27. The molecule has 0 aliphatic carbocycles. The molecule has 0 amide bonds. The van der Waals surface area contributed by atoms with Crippen LogP contribution in [-0.2, 0) is 6.54 Å². The lowest BCUT2D eigenvalue weighted by Crippen LogP contribution is -2.41. The normalized spacial score (nSPS) is 18.8. The van der Waals surface area contributed by atoms with E-state index < -0.39 is 0 Å². The van der Waals surface area contributed by atoms with Crippen molar-refractivity contribution in [1.82, 2.24) is 4.90 Å². The fourth-order valence-electron chi connectivity index (χ4n) is 3.90. The van der Waals surface area contributed by atoms with Crippen molar-refractivity contribution in [2.75, 3.05) is 39.4 Å². The van der Waals surface area contributed by atoms with Crippen molar-refractivity contribution in [1.29, 1.82) is 0 Å². The number of hydrogen-bond acceptors (Lipinski definition) is 6. The Morgan fingerprint density at radius 2 is 2.00 bits per heavy atom. The molecule has 2 heterocycles. The van der Waals surface area contributed by atoms with Gasteiger partial charge >= 0.3 is 0 Å². The molecule has 1 atom stereocenters. The minimum absolute atomic E-state index is 0.293. The molecule has 28 heavy (non-hydrogen) atoms. The molecular formula is C21H25ClN2O4. The van der Waals surface area contributed by atoms with E-state index in [1.807, 2.05) is 24.3 Å². The number of benzene rings is 2. The quantitative estimate of drug-likeness (QED) is 0.780. The number of likely N-dealkylation sites (tertiary alicyclic amines) is 1. The van der Waals surface area contributed by atoms with E-state index in [9.17, 15) is 0 Å². The molecule has 0 radical (unpaired) electrons. The van der Waals surface area contributed by atoms with Gasteiger partial charge in [-0.25, -0.2) is 0 Å². The Labute approximate surface area is 170 Å². The molecule has 2 aliphatic heterocycles. The number of nitrogens with one attached hydrogen (secondary N) is 1. The SMILES string of the molecule is COc1cc(Cl)cc(CN2CCCC(Nc3ccc4c(c3)OCO4)C2)c1OC. The first kappa shape index (κ1) is 19.0. The van der Waals surface area contributed by atoms with E-state index in [2.05, 4.69) is 10.2 Å². The van der Waals surface area contributed by atoms with Crippen LogP contribution in [0.25, 0.3) is 0 Å². The average Bonchev–Trinajstić information content (AvgIpc) is 3.15. The molecule has 2 aromatic carbocycles. The Balaban J connectivity index is 1.44. The lowest BCUT2D eigenvalue weighted by atomic mass is 10.0. The summed E-state index contributed by atoms with van der Waals surface area (Å²) in [6.07, 6.45) is 2.25. The summed E-state index contributed by atoms with van der Waals surface area (Å²) in [6, 6.07) is 10.1. The van der Waals surface area contributed by atoms with Gasteiger partial charge in [-0.3, -0.25) is 4.90 Å². The van der Waals surface area contributed by atoms with Crippen LogP contribution in [0, 0.1) is 0 Å². The Bertz CT molecular complexity index is 845. The van der Waals surface area contributed by atoms with E-state index in [0.717, 1.165) is 61.0 Å². The third-order valence-corrected chi connectivity index (χ3v) is 5.38. The standard InChI is InChI=1S/C21H25ClN2O4/c1-25-20-9-15(22)8-14(21(20)26-2)11-24-7-3-4-17(12-24)23-16-5-6-18-19(10-16)28-13-27-18/h5-6,8-10,17,23H,3-4,7,11-13H2,1-2H3. The maximum absolute atomic E-state index is 6.27. The van der Waals surface area contributed by atoms with E-state index in [-0.39, 0.29) is 0 Å². The highest BCUT2D eigenvalue weighted by Gasteiger charge is 2.23. The van der Waals surface area contributed by atoms with E-state index in [1.165, 1.54) is 0 Å². The molecular weight excluding hydrogens is 380 g/mol. The minimum Gasteiger partial charge on any atom is -0.493 e. The van der Waals surface area contributed by atoms with Crippen LogP contribution in [0.2, 0.25) is 5.02 Å². The first-order valence-electron chi connectivity index (χ1n) is 9.45. The van der Waals surface area contributed by atoms with E-state index in [0.29, 0.717) is 23.6 Å². The summed E-state index contributed by atoms with van der Waals surface area (Å²) >= 11 is 6.27. The molecule has 6 nitrogen and oxygen atoms in total. The van der Waals surface area contributed by atoms with Crippen molar-refractivity contribution in [3.05, 3.63) is 40.9 Å². The zero-order chi connectivity index (χ0) is 19.5. The van der Waals surface area contributed by atoms with Crippen molar-refractivity contribution in [3.8, 4) is 23.0 Å². The number of methoxy groups -OCH3 is 2. The first-order chi connectivity index (χ1) is 13.7. The van der Waals surface area contributed by atoms with Crippen molar-refractivity contribution >= 4 is 17.3 Å². The number of anilines is 1. The Morgan fingerprint density at radius 1 is 1.14 bits per heavy atom. The first-order valence-corrected chi connectivity index (χ1v) is 9.83. The summed E-state index contributed by atoms with van der Waals surface area (Å²) < 4.78 is 21.9.